The van der Waals surface area contributed by atoms with Crippen LogP contribution in [0.3, 0.4) is 0 Å². The summed E-state index contributed by atoms with van der Waals surface area (Å²) in [6.45, 7) is 15.0. The van der Waals surface area contributed by atoms with Gasteiger partial charge in [-0.2, -0.15) is 0 Å². The number of ether oxygens (including phenoxy) is 6. The number of hydrogen-bond acceptors (Lipinski definition) is 11. The summed E-state index contributed by atoms with van der Waals surface area (Å²) in [5, 5.41) is 24.5. The van der Waals surface area contributed by atoms with E-state index in [1.807, 2.05) is 37.3 Å². The predicted octanol–water partition coefficient (Wildman–Crippen LogP) is 7.85. The highest BCUT2D eigenvalue weighted by Gasteiger charge is 2.65. The number of fused-ring (bicyclic) bond motifs is 3. The minimum Gasteiger partial charge on any atom is -0.490 e. The molecule has 1 saturated carbocycles. The molecule has 1 amide bonds. The Balaban J connectivity index is 1.58. The van der Waals surface area contributed by atoms with Gasteiger partial charge in [0.25, 0.3) is 0 Å². The maximum atomic E-state index is 14.6. The van der Waals surface area contributed by atoms with E-state index in [9.17, 15) is 15.0 Å². The second-order valence-electron chi connectivity index (χ2n) is 14.8. The van der Waals surface area contributed by atoms with Crippen LogP contribution in [-0.4, -0.2) is 85.2 Å². The highest BCUT2D eigenvalue weighted by molar-refractivity contribution is 6.03. The number of hydrogen-bond donors (Lipinski definition) is 2. The summed E-state index contributed by atoms with van der Waals surface area (Å²) >= 11 is 0. The van der Waals surface area contributed by atoms with E-state index in [0.717, 1.165) is 42.4 Å². The Morgan fingerprint density at radius 3 is 2.49 bits per heavy atom. The van der Waals surface area contributed by atoms with Gasteiger partial charge in [-0.25, -0.2) is 4.79 Å². The third-order valence-electron chi connectivity index (χ3n) is 11.3. The summed E-state index contributed by atoms with van der Waals surface area (Å²) in [7, 11) is 0. The molecule has 57 heavy (non-hydrogen) atoms. The monoisotopic (exact) mass is 786 g/mol. The highest BCUT2D eigenvalue weighted by atomic mass is 16.7. The lowest BCUT2D eigenvalue weighted by Crippen LogP contribution is -2.70. The van der Waals surface area contributed by atoms with Gasteiger partial charge in [0.05, 0.1) is 24.8 Å². The van der Waals surface area contributed by atoms with Gasteiger partial charge in [-0.1, -0.05) is 54.9 Å². The molecule has 12 nitrogen and oxygen atoms in total. The molecule has 0 unspecified atom stereocenters. The maximum Gasteiger partial charge on any atom is 0.410 e. The summed E-state index contributed by atoms with van der Waals surface area (Å²) in [4.78, 5) is 22.1. The molecule has 2 heterocycles. The number of amides is 1. The third-order valence-corrected chi connectivity index (χ3v) is 11.3. The van der Waals surface area contributed by atoms with Gasteiger partial charge in [0.15, 0.2) is 11.5 Å². The molecular weight excluding hydrogens is 728 g/mol. The van der Waals surface area contributed by atoms with Crippen molar-refractivity contribution in [1.82, 2.24) is 4.90 Å². The average Bonchev–Trinajstić information content (AvgIpc) is 3.70. The Hall–Kier alpha value is -4.78. The van der Waals surface area contributed by atoms with Gasteiger partial charge in [0.2, 0.25) is 12.6 Å². The Morgan fingerprint density at radius 2 is 1.74 bits per heavy atom. The van der Waals surface area contributed by atoms with Gasteiger partial charge >= 0.3 is 6.09 Å². The number of carbonyl (C=O) groups is 1. The normalized spacial score (nSPS) is 24.6. The second kappa shape index (κ2) is 20.1. The molecule has 12 heteroatoms. The Labute approximate surface area is 336 Å². The lowest BCUT2D eigenvalue weighted by molar-refractivity contribution is -0.256. The summed E-state index contributed by atoms with van der Waals surface area (Å²) < 4.78 is 37.7. The van der Waals surface area contributed by atoms with E-state index in [1.165, 1.54) is 0 Å². The number of benzene rings is 2. The summed E-state index contributed by atoms with van der Waals surface area (Å²) in [6, 6.07) is 10.7. The molecule has 0 aromatic heterocycles. The number of oxime groups is 1. The maximum absolute atomic E-state index is 14.6. The Kier molecular flexibility index (Phi) is 14.7. The van der Waals surface area contributed by atoms with Crippen molar-refractivity contribution in [2.24, 2.45) is 22.9 Å². The van der Waals surface area contributed by atoms with Crippen molar-refractivity contribution in [2.45, 2.75) is 82.6 Å². The predicted molar refractivity (Wildman–Crippen MR) is 217 cm³/mol. The zero-order chi connectivity index (χ0) is 40.2. The zero-order valence-electron chi connectivity index (χ0n) is 33.2. The lowest BCUT2D eigenvalue weighted by atomic mass is 9.55. The van der Waals surface area contributed by atoms with Crippen LogP contribution in [-0.2, 0) is 20.9 Å². The Morgan fingerprint density at radius 1 is 0.965 bits per heavy atom. The molecule has 2 N–H and O–H groups in total. The number of unbranched alkanes of at least 4 members (excludes halogenated alkanes) is 2. The SMILES string of the molecule is C=CCCOC(=O)N(Cc1ccc2c(c1)OCO2)[C@H]1CC(=NOCC)C2=C[C@H](CCCCO)[C@@H](CCCCO)[C@@H]3c4cc(OCC=C)ccc4O[C@@]1(OCC=C)[C@H]23. The molecule has 0 radical (unpaired) electrons. The van der Waals surface area contributed by atoms with E-state index >= 15 is 0 Å². The molecule has 2 aliphatic carbocycles. The fourth-order valence-electron chi connectivity index (χ4n) is 8.89. The van der Waals surface area contributed by atoms with Crippen LogP contribution in [0, 0.1) is 17.8 Å². The minimum atomic E-state index is -1.44. The van der Waals surface area contributed by atoms with Gasteiger partial charge in [-0.3, -0.25) is 4.90 Å². The molecule has 0 saturated heterocycles. The second-order valence-corrected chi connectivity index (χ2v) is 14.8. The van der Waals surface area contributed by atoms with Crippen LogP contribution in [0.2, 0.25) is 0 Å². The van der Waals surface area contributed by atoms with Gasteiger partial charge in [0, 0.05) is 37.7 Å². The molecule has 2 aromatic rings. The van der Waals surface area contributed by atoms with Gasteiger partial charge in [0.1, 0.15) is 30.8 Å². The quantitative estimate of drug-likeness (QED) is 0.0690. The minimum absolute atomic E-state index is 0.0712. The van der Waals surface area contributed by atoms with Crippen molar-refractivity contribution in [3.05, 3.63) is 97.1 Å². The Bertz CT molecular complexity index is 1780. The largest absolute Gasteiger partial charge is 0.490 e. The first-order valence-corrected chi connectivity index (χ1v) is 20.3. The number of aliphatic hydroxyl groups excluding tert-OH is 2. The molecule has 6 rings (SSSR count). The van der Waals surface area contributed by atoms with Gasteiger partial charge in [-0.15, -0.1) is 13.2 Å². The van der Waals surface area contributed by atoms with Gasteiger partial charge in [-0.05, 0) is 92.3 Å². The van der Waals surface area contributed by atoms with Crippen molar-refractivity contribution < 1.29 is 48.3 Å². The van der Waals surface area contributed by atoms with Crippen LogP contribution in [0.5, 0.6) is 23.0 Å². The van der Waals surface area contributed by atoms with E-state index in [0.29, 0.717) is 61.2 Å². The van der Waals surface area contributed by atoms with Crippen LogP contribution < -0.4 is 18.9 Å². The van der Waals surface area contributed by atoms with Crippen molar-refractivity contribution in [3.8, 4) is 23.0 Å². The average molecular weight is 787 g/mol. The molecule has 1 fully saturated rings. The molecule has 308 valence electrons. The first kappa shape index (κ1) is 41.8. The standard InChI is InChI=1S/C45H58N2O10/c1-5-9-24-52-44(50)47(29-31-16-18-39-40(25-31)54-30-53-39)41-28-37(46-56-8-4)35-26-32(14-10-12-20-48)34(15-11-13-21-49)42-36-27-33(51-22-6-2)17-19-38(36)57-45(41,43(35)42)55-23-7-3/h5-7,16-19,25-27,32,34,41-43,48-49H,1-3,8-15,20-24,28-30H2,4H3/t32-,34+,41-,42+,43+,45+/m0/s1. The summed E-state index contributed by atoms with van der Waals surface area (Å²) in [5.41, 5.74) is 3.43. The summed E-state index contributed by atoms with van der Waals surface area (Å²) in [6.07, 6.45) is 12.3. The van der Waals surface area contributed by atoms with Gasteiger partial charge < -0.3 is 43.5 Å². The van der Waals surface area contributed by atoms with E-state index in [-0.39, 0.29) is 63.9 Å². The first-order chi connectivity index (χ1) is 27.9. The van der Waals surface area contributed by atoms with Crippen molar-refractivity contribution in [1.29, 1.82) is 0 Å². The number of nitrogens with zero attached hydrogens (tertiary/aromatic N) is 2. The number of allylic oxidation sites excluding steroid dienone is 1. The topological polar surface area (TPSA) is 138 Å². The van der Waals surface area contributed by atoms with Crippen LogP contribution in [0.1, 0.15) is 75.3 Å². The fraction of sp³-hybridized carbons (Fsp3) is 0.511. The first-order valence-electron chi connectivity index (χ1n) is 20.3. The summed E-state index contributed by atoms with van der Waals surface area (Å²) in [5.74, 6) is 0.625. The van der Waals surface area contributed by atoms with Crippen molar-refractivity contribution in [2.75, 3.05) is 46.4 Å². The molecule has 0 spiro atoms. The van der Waals surface area contributed by atoms with E-state index in [2.05, 4.69) is 31.9 Å². The van der Waals surface area contributed by atoms with Crippen molar-refractivity contribution in [3.63, 3.8) is 0 Å². The molecule has 4 aliphatic rings. The van der Waals surface area contributed by atoms with E-state index in [4.69, 9.17) is 38.4 Å². The molecule has 2 aromatic carbocycles. The molecule has 0 bridgehead atoms. The smallest absolute Gasteiger partial charge is 0.410 e. The zero-order valence-corrected chi connectivity index (χ0v) is 33.2. The van der Waals surface area contributed by atoms with E-state index in [1.54, 1.807) is 23.1 Å². The van der Waals surface area contributed by atoms with Crippen LogP contribution in [0.25, 0.3) is 0 Å². The molecular formula is C45H58N2O10. The number of carbonyl (C=O) groups excluding carboxylic acids is 1. The lowest BCUT2D eigenvalue weighted by Gasteiger charge is -2.59. The third kappa shape index (κ3) is 9.19. The van der Waals surface area contributed by atoms with Crippen molar-refractivity contribution >= 4 is 11.8 Å². The van der Waals surface area contributed by atoms with E-state index < -0.39 is 23.8 Å². The van der Waals surface area contributed by atoms with Crippen LogP contribution >= 0.6 is 0 Å². The molecule has 2 aliphatic heterocycles. The molecule has 6 atom stereocenters. The van der Waals surface area contributed by atoms with Crippen LogP contribution in [0.4, 0.5) is 4.79 Å². The fourth-order valence-corrected chi connectivity index (χ4v) is 8.89. The number of rotatable bonds is 22. The van der Waals surface area contributed by atoms with Crippen LogP contribution in [0.15, 0.2) is 91.2 Å². The highest BCUT2D eigenvalue weighted by Crippen LogP contribution is 2.62. The number of aliphatic hydroxyl groups is 2.